The van der Waals surface area contributed by atoms with E-state index in [4.69, 9.17) is 0 Å². The molecule has 1 atom stereocenters. The molecule has 3 aromatic rings. The summed E-state index contributed by atoms with van der Waals surface area (Å²) in [4.78, 5) is 12.4. The largest absolute Gasteiger partial charge is 0.285 e. The van der Waals surface area contributed by atoms with Crippen LogP contribution in [0.25, 0.3) is 16.4 Å². The molecule has 0 aliphatic heterocycles. The lowest BCUT2D eigenvalue weighted by molar-refractivity contribution is 0.674. The van der Waals surface area contributed by atoms with Gasteiger partial charge in [0.2, 0.25) is 16.2 Å². The van der Waals surface area contributed by atoms with Crippen LogP contribution in [0.15, 0.2) is 46.5 Å². The number of aromatic nitrogens is 3. The SMILES string of the molecule is CCS(=O)c1nnc2c(=O)c3ccccc3ccn12. The molecule has 2 heterocycles. The summed E-state index contributed by atoms with van der Waals surface area (Å²) >= 11 is 0. The first-order chi connectivity index (χ1) is 9.22. The minimum atomic E-state index is -1.25. The van der Waals surface area contributed by atoms with E-state index >= 15 is 0 Å². The van der Waals surface area contributed by atoms with Crippen molar-refractivity contribution >= 4 is 27.2 Å². The van der Waals surface area contributed by atoms with Gasteiger partial charge in [-0.25, -0.2) is 0 Å². The molecule has 0 saturated heterocycles. The van der Waals surface area contributed by atoms with Gasteiger partial charge < -0.3 is 0 Å². The molecule has 1 aromatic carbocycles. The smallest absolute Gasteiger partial charge is 0.231 e. The summed E-state index contributed by atoms with van der Waals surface area (Å²) in [6, 6.07) is 9.10. The maximum absolute atomic E-state index is 12.4. The van der Waals surface area contributed by atoms with Crippen molar-refractivity contribution in [3.8, 4) is 0 Å². The maximum Gasteiger partial charge on any atom is 0.231 e. The van der Waals surface area contributed by atoms with Crippen molar-refractivity contribution in [1.29, 1.82) is 0 Å². The predicted molar refractivity (Wildman–Crippen MR) is 73.7 cm³/mol. The van der Waals surface area contributed by atoms with E-state index in [0.29, 0.717) is 16.3 Å². The normalized spacial score (nSPS) is 12.9. The molecule has 3 rings (SSSR count). The molecular weight excluding hydrogens is 262 g/mol. The van der Waals surface area contributed by atoms with Crippen LogP contribution in [0, 0.1) is 0 Å². The average molecular weight is 273 g/mol. The molecule has 0 fully saturated rings. The fourth-order valence-corrected chi connectivity index (χ4v) is 2.73. The van der Waals surface area contributed by atoms with E-state index in [2.05, 4.69) is 10.2 Å². The van der Waals surface area contributed by atoms with Gasteiger partial charge in [0.15, 0.2) is 0 Å². The number of benzene rings is 1. The average Bonchev–Trinajstić information content (AvgIpc) is 2.82. The van der Waals surface area contributed by atoms with Crippen molar-refractivity contribution in [2.75, 3.05) is 5.75 Å². The molecular formula is C13H11N3O2S. The highest BCUT2D eigenvalue weighted by molar-refractivity contribution is 7.84. The standard InChI is InChI=1S/C13H11N3O2S/c1-2-19(18)13-15-14-12-11(17)10-6-4-3-5-9(10)7-8-16(12)13/h3-8H,2H2,1H3. The zero-order valence-corrected chi connectivity index (χ0v) is 11.1. The lowest BCUT2D eigenvalue weighted by Gasteiger charge is -1.93. The van der Waals surface area contributed by atoms with Crippen molar-refractivity contribution in [3.63, 3.8) is 0 Å². The van der Waals surface area contributed by atoms with Crippen molar-refractivity contribution < 1.29 is 4.21 Å². The first-order valence-corrected chi connectivity index (χ1v) is 7.19. The molecule has 96 valence electrons. The fraction of sp³-hybridized carbons (Fsp3) is 0.154. The summed E-state index contributed by atoms with van der Waals surface area (Å²) in [5, 5.41) is 9.48. The van der Waals surface area contributed by atoms with Gasteiger partial charge in [0, 0.05) is 17.3 Å². The molecule has 0 aliphatic carbocycles. The van der Waals surface area contributed by atoms with E-state index in [1.54, 1.807) is 19.2 Å². The molecule has 1 unspecified atom stereocenters. The number of hydrogen-bond acceptors (Lipinski definition) is 4. The molecule has 0 N–H and O–H groups in total. The van der Waals surface area contributed by atoms with Crippen LogP contribution in [-0.2, 0) is 10.8 Å². The number of hydrogen-bond donors (Lipinski definition) is 0. The highest BCUT2D eigenvalue weighted by Crippen LogP contribution is 2.11. The lowest BCUT2D eigenvalue weighted by Crippen LogP contribution is -2.04. The first kappa shape index (κ1) is 12.0. The Morgan fingerprint density at radius 2 is 2.00 bits per heavy atom. The third-order valence-corrected chi connectivity index (χ3v) is 4.15. The maximum atomic E-state index is 12.4. The lowest BCUT2D eigenvalue weighted by atomic mass is 10.2. The van der Waals surface area contributed by atoms with E-state index in [-0.39, 0.29) is 11.1 Å². The van der Waals surface area contributed by atoms with Crippen LogP contribution in [0.1, 0.15) is 6.92 Å². The van der Waals surface area contributed by atoms with Crippen LogP contribution in [0.5, 0.6) is 0 Å². The van der Waals surface area contributed by atoms with Gasteiger partial charge in [-0.2, -0.15) is 0 Å². The van der Waals surface area contributed by atoms with Crippen LogP contribution in [0.4, 0.5) is 0 Å². The fourth-order valence-electron chi connectivity index (χ4n) is 1.98. The summed E-state index contributed by atoms with van der Waals surface area (Å²) < 4.78 is 13.4. The Morgan fingerprint density at radius 1 is 1.21 bits per heavy atom. The van der Waals surface area contributed by atoms with Crippen molar-refractivity contribution in [3.05, 3.63) is 46.8 Å². The Balaban J connectivity index is 2.49. The minimum Gasteiger partial charge on any atom is -0.285 e. The van der Waals surface area contributed by atoms with E-state index < -0.39 is 10.8 Å². The molecule has 0 bridgehead atoms. The summed E-state index contributed by atoms with van der Waals surface area (Å²) in [6.07, 6.45) is 1.70. The number of rotatable bonds is 2. The molecule has 19 heavy (non-hydrogen) atoms. The van der Waals surface area contributed by atoms with E-state index in [0.717, 1.165) is 5.39 Å². The monoisotopic (exact) mass is 273 g/mol. The molecule has 0 radical (unpaired) electrons. The van der Waals surface area contributed by atoms with Crippen LogP contribution in [-0.4, -0.2) is 24.6 Å². The zero-order valence-electron chi connectivity index (χ0n) is 10.2. The summed E-state index contributed by atoms with van der Waals surface area (Å²) in [5.74, 6) is 0.438. The minimum absolute atomic E-state index is 0.201. The van der Waals surface area contributed by atoms with Gasteiger partial charge in [-0.1, -0.05) is 31.2 Å². The van der Waals surface area contributed by atoms with Gasteiger partial charge in [0.25, 0.3) is 0 Å². The predicted octanol–water partition coefficient (Wildman–Crippen LogP) is 1.37. The Bertz CT molecular complexity index is 857. The molecule has 0 amide bonds. The van der Waals surface area contributed by atoms with Gasteiger partial charge in [0.1, 0.15) is 0 Å². The van der Waals surface area contributed by atoms with Gasteiger partial charge in [-0.3, -0.25) is 13.4 Å². The van der Waals surface area contributed by atoms with Crippen molar-refractivity contribution in [2.24, 2.45) is 0 Å². The molecule has 6 heteroatoms. The quantitative estimate of drug-likeness (QED) is 0.707. The Labute approximate surface area is 111 Å². The van der Waals surface area contributed by atoms with Crippen LogP contribution in [0.2, 0.25) is 0 Å². The second kappa shape index (κ2) is 4.55. The number of fused-ring (bicyclic) bond motifs is 2. The second-order valence-corrected chi connectivity index (χ2v) is 5.68. The summed E-state index contributed by atoms with van der Waals surface area (Å²) in [5.41, 5.74) is 0.00505. The van der Waals surface area contributed by atoms with Crippen LogP contribution < -0.4 is 5.43 Å². The van der Waals surface area contributed by atoms with E-state index in [9.17, 15) is 9.00 Å². The second-order valence-electron chi connectivity index (χ2n) is 4.04. The number of nitrogens with zero attached hydrogens (tertiary/aromatic N) is 3. The van der Waals surface area contributed by atoms with Crippen LogP contribution >= 0.6 is 0 Å². The Morgan fingerprint density at radius 3 is 2.79 bits per heavy atom. The van der Waals surface area contributed by atoms with E-state index in [1.165, 1.54) is 4.40 Å². The topological polar surface area (TPSA) is 64.3 Å². The van der Waals surface area contributed by atoms with Gasteiger partial charge >= 0.3 is 0 Å². The van der Waals surface area contributed by atoms with Crippen LogP contribution in [0.3, 0.4) is 0 Å². The first-order valence-electron chi connectivity index (χ1n) is 5.87. The van der Waals surface area contributed by atoms with Crippen molar-refractivity contribution in [1.82, 2.24) is 14.6 Å². The highest BCUT2D eigenvalue weighted by Gasteiger charge is 2.13. The Kier molecular flexibility index (Phi) is 2.87. The Hall–Kier alpha value is -2.08. The third-order valence-electron chi connectivity index (χ3n) is 2.94. The van der Waals surface area contributed by atoms with Gasteiger partial charge in [-0.15, -0.1) is 10.2 Å². The van der Waals surface area contributed by atoms with Gasteiger partial charge in [0.05, 0.1) is 10.8 Å². The molecule has 0 saturated carbocycles. The van der Waals surface area contributed by atoms with E-state index in [1.807, 2.05) is 24.3 Å². The molecule has 5 nitrogen and oxygen atoms in total. The third kappa shape index (κ3) is 1.84. The highest BCUT2D eigenvalue weighted by atomic mass is 32.2. The zero-order chi connectivity index (χ0) is 13.4. The molecule has 0 spiro atoms. The van der Waals surface area contributed by atoms with Crippen molar-refractivity contribution in [2.45, 2.75) is 12.1 Å². The summed E-state index contributed by atoms with van der Waals surface area (Å²) in [6.45, 7) is 1.80. The summed E-state index contributed by atoms with van der Waals surface area (Å²) in [7, 11) is -1.25. The molecule has 0 aliphatic rings. The van der Waals surface area contributed by atoms with Gasteiger partial charge in [-0.05, 0) is 11.5 Å². The molecule has 2 aromatic heterocycles.